The Kier molecular flexibility index (Phi) is 4.20. The number of hydrogen-bond donors (Lipinski definition) is 1. The molecule has 0 saturated carbocycles. The van der Waals surface area contributed by atoms with E-state index in [0.29, 0.717) is 12.1 Å². The highest BCUT2D eigenvalue weighted by molar-refractivity contribution is 5.39. The van der Waals surface area contributed by atoms with Crippen molar-refractivity contribution in [3.8, 4) is 5.75 Å². The molecule has 21 heavy (non-hydrogen) atoms. The van der Waals surface area contributed by atoms with Gasteiger partial charge in [-0.25, -0.2) is 0 Å². The fourth-order valence-electron chi connectivity index (χ4n) is 3.13. The molecule has 1 aliphatic carbocycles. The highest BCUT2D eigenvalue weighted by atomic mass is 16.5. The minimum atomic E-state index is 0.315. The summed E-state index contributed by atoms with van der Waals surface area (Å²) in [6, 6.07) is 11.3. The highest BCUT2D eigenvalue weighted by Gasteiger charge is 2.22. The van der Waals surface area contributed by atoms with E-state index in [1.54, 1.807) is 7.11 Å². The molecule has 0 bridgehead atoms. The SMILES string of the molecule is COc1ccc2c(c1)C(NC(C)c1ccncc1)CCC2. The zero-order valence-electron chi connectivity index (χ0n) is 12.7. The Balaban J connectivity index is 1.81. The van der Waals surface area contributed by atoms with Gasteiger partial charge >= 0.3 is 0 Å². The zero-order chi connectivity index (χ0) is 14.7. The zero-order valence-corrected chi connectivity index (χ0v) is 12.7. The summed E-state index contributed by atoms with van der Waals surface area (Å²) < 4.78 is 5.38. The van der Waals surface area contributed by atoms with Crippen LogP contribution in [0.5, 0.6) is 5.75 Å². The van der Waals surface area contributed by atoms with Gasteiger partial charge in [-0.3, -0.25) is 4.98 Å². The van der Waals surface area contributed by atoms with E-state index in [1.807, 2.05) is 12.4 Å². The van der Waals surface area contributed by atoms with Gasteiger partial charge in [0.2, 0.25) is 0 Å². The van der Waals surface area contributed by atoms with Crippen LogP contribution in [-0.4, -0.2) is 12.1 Å². The third-order valence-electron chi connectivity index (χ3n) is 4.32. The van der Waals surface area contributed by atoms with Crippen LogP contribution in [0, 0.1) is 0 Å². The predicted octanol–water partition coefficient (Wildman–Crippen LogP) is 3.82. The number of aromatic nitrogens is 1. The van der Waals surface area contributed by atoms with Gasteiger partial charge in [0.25, 0.3) is 0 Å². The smallest absolute Gasteiger partial charge is 0.119 e. The minimum Gasteiger partial charge on any atom is -0.497 e. The Morgan fingerprint density at radius 2 is 2.05 bits per heavy atom. The molecule has 110 valence electrons. The Labute approximate surface area is 126 Å². The van der Waals surface area contributed by atoms with Crippen molar-refractivity contribution in [1.82, 2.24) is 10.3 Å². The Morgan fingerprint density at radius 3 is 2.81 bits per heavy atom. The first-order chi connectivity index (χ1) is 10.3. The molecular weight excluding hydrogens is 260 g/mol. The molecule has 1 aromatic heterocycles. The van der Waals surface area contributed by atoms with Crippen LogP contribution in [-0.2, 0) is 6.42 Å². The summed E-state index contributed by atoms with van der Waals surface area (Å²) in [6.07, 6.45) is 7.29. The molecule has 2 atom stereocenters. The van der Waals surface area contributed by atoms with Crippen molar-refractivity contribution < 1.29 is 4.74 Å². The number of rotatable bonds is 4. The Hall–Kier alpha value is -1.87. The first-order valence-corrected chi connectivity index (χ1v) is 7.60. The van der Waals surface area contributed by atoms with E-state index in [9.17, 15) is 0 Å². The summed E-state index contributed by atoms with van der Waals surface area (Å²) >= 11 is 0. The van der Waals surface area contributed by atoms with Crippen molar-refractivity contribution in [3.63, 3.8) is 0 Å². The third-order valence-corrected chi connectivity index (χ3v) is 4.32. The van der Waals surface area contributed by atoms with E-state index in [4.69, 9.17) is 4.74 Å². The quantitative estimate of drug-likeness (QED) is 0.925. The third kappa shape index (κ3) is 3.08. The summed E-state index contributed by atoms with van der Waals surface area (Å²) in [5.74, 6) is 0.944. The molecule has 1 N–H and O–H groups in total. The molecule has 3 rings (SSSR count). The van der Waals surface area contributed by atoms with Crippen molar-refractivity contribution in [2.24, 2.45) is 0 Å². The van der Waals surface area contributed by atoms with Gasteiger partial charge in [0.15, 0.2) is 0 Å². The van der Waals surface area contributed by atoms with Crippen LogP contribution in [0.2, 0.25) is 0 Å². The van der Waals surface area contributed by atoms with Crippen LogP contribution in [0.25, 0.3) is 0 Å². The van der Waals surface area contributed by atoms with E-state index >= 15 is 0 Å². The van der Waals surface area contributed by atoms with E-state index in [-0.39, 0.29) is 0 Å². The maximum atomic E-state index is 5.38. The molecule has 3 heteroatoms. The van der Waals surface area contributed by atoms with Gasteiger partial charge in [-0.15, -0.1) is 0 Å². The van der Waals surface area contributed by atoms with Crippen LogP contribution in [0.15, 0.2) is 42.7 Å². The molecule has 0 radical (unpaired) electrons. The van der Waals surface area contributed by atoms with E-state index < -0.39 is 0 Å². The van der Waals surface area contributed by atoms with Gasteiger partial charge < -0.3 is 10.1 Å². The maximum Gasteiger partial charge on any atom is 0.119 e. The van der Waals surface area contributed by atoms with Crippen LogP contribution in [0.1, 0.15) is 48.5 Å². The molecule has 0 amide bonds. The van der Waals surface area contributed by atoms with Gasteiger partial charge in [0, 0.05) is 24.5 Å². The number of nitrogens with one attached hydrogen (secondary N) is 1. The predicted molar refractivity (Wildman–Crippen MR) is 84.5 cm³/mol. The molecule has 0 aliphatic heterocycles. The lowest BCUT2D eigenvalue weighted by Crippen LogP contribution is -2.27. The summed E-state index contributed by atoms with van der Waals surface area (Å²) in [4.78, 5) is 4.09. The van der Waals surface area contributed by atoms with Crippen molar-refractivity contribution in [2.75, 3.05) is 7.11 Å². The monoisotopic (exact) mass is 282 g/mol. The van der Waals surface area contributed by atoms with Crippen LogP contribution in [0.3, 0.4) is 0 Å². The fraction of sp³-hybridized carbons (Fsp3) is 0.389. The second-order valence-corrected chi connectivity index (χ2v) is 5.68. The number of pyridine rings is 1. The molecule has 1 heterocycles. The van der Waals surface area contributed by atoms with Crippen molar-refractivity contribution >= 4 is 0 Å². The average Bonchev–Trinajstić information content (AvgIpc) is 2.55. The number of hydrogen-bond acceptors (Lipinski definition) is 3. The van der Waals surface area contributed by atoms with E-state index in [2.05, 4.69) is 47.6 Å². The van der Waals surface area contributed by atoms with Crippen LogP contribution in [0.4, 0.5) is 0 Å². The summed E-state index contributed by atoms with van der Waals surface area (Å²) in [5, 5.41) is 3.76. The lowest BCUT2D eigenvalue weighted by Gasteiger charge is -2.29. The lowest BCUT2D eigenvalue weighted by atomic mass is 9.87. The first kappa shape index (κ1) is 14.1. The molecule has 0 fully saturated rings. The van der Waals surface area contributed by atoms with Gasteiger partial charge in [0.1, 0.15) is 5.75 Å². The minimum absolute atomic E-state index is 0.315. The Morgan fingerprint density at radius 1 is 1.24 bits per heavy atom. The number of methoxy groups -OCH3 is 1. The standard InChI is InChI=1S/C18H22N2O/c1-13(14-8-10-19-11-9-14)20-18-5-3-4-15-6-7-16(21-2)12-17(15)18/h6-13,18,20H,3-5H2,1-2H3. The van der Waals surface area contributed by atoms with Crippen LogP contribution < -0.4 is 10.1 Å². The van der Waals surface area contributed by atoms with Gasteiger partial charge in [-0.05, 0) is 67.1 Å². The van der Waals surface area contributed by atoms with Crippen molar-refractivity contribution in [3.05, 3.63) is 59.4 Å². The summed E-state index contributed by atoms with van der Waals surface area (Å²) in [6.45, 7) is 2.21. The van der Waals surface area contributed by atoms with Gasteiger partial charge in [0.05, 0.1) is 7.11 Å². The topological polar surface area (TPSA) is 34.1 Å². The average molecular weight is 282 g/mol. The molecule has 1 aromatic carbocycles. The second kappa shape index (κ2) is 6.27. The molecular formula is C18H22N2O. The summed E-state index contributed by atoms with van der Waals surface area (Å²) in [7, 11) is 1.73. The molecule has 2 aromatic rings. The Bertz CT molecular complexity index is 597. The number of benzene rings is 1. The normalized spacial score (nSPS) is 18.9. The van der Waals surface area contributed by atoms with E-state index in [1.165, 1.54) is 36.0 Å². The van der Waals surface area contributed by atoms with Crippen molar-refractivity contribution in [2.45, 2.75) is 38.3 Å². The number of fused-ring (bicyclic) bond motifs is 1. The van der Waals surface area contributed by atoms with Crippen molar-refractivity contribution in [1.29, 1.82) is 0 Å². The number of ether oxygens (including phenoxy) is 1. The molecule has 1 aliphatic rings. The highest BCUT2D eigenvalue weighted by Crippen LogP contribution is 2.34. The maximum absolute atomic E-state index is 5.38. The van der Waals surface area contributed by atoms with E-state index in [0.717, 1.165) is 5.75 Å². The molecule has 2 unspecified atom stereocenters. The van der Waals surface area contributed by atoms with Gasteiger partial charge in [-0.1, -0.05) is 6.07 Å². The molecule has 0 saturated heterocycles. The lowest BCUT2D eigenvalue weighted by molar-refractivity contribution is 0.399. The summed E-state index contributed by atoms with van der Waals surface area (Å²) in [5.41, 5.74) is 4.11. The first-order valence-electron chi connectivity index (χ1n) is 7.60. The second-order valence-electron chi connectivity index (χ2n) is 5.68. The van der Waals surface area contributed by atoms with Gasteiger partial charge in [-0.2, -0.15) is 0 Å². The number of aryl methyl sites for hydroxylation is 1. The molecule has 0 spiro atoms. The fourth-order valence-corrected chi connectivity index (χ4v) is 3.13. The number of nitrogens with zero attached hydrogens (tertiary/aromatic N) is 1. The molecule has 3 nitrogen and oxygen atoms in total. The van der Waals surface area contributed by atoms with Crippen LogP contribution >= 0.6 is 0 Å². The largest absolute Gasteiger partial charge is 0.497 e.